The molecule has 0 radical (unpaired) electrons. The zero-order chi connectivity index (χ0) is 18.5. The average molecular weight is 357 g/mol. The normalized spacial score (nSPS) is 19.1. The first-order chi connectivity index (χ1) is 12.6. The molecule has 1 heterocycles. The molecule has 1 aliphatic carbocycles. The second kappa shape index (κ2) is 8.47. The number of fused-ring (bicyclic) bond motifs is 1. The van der Waals surface area contributed by atoms with Crippen LogP contribution in [0.15, 0.2) is 18.2 Å². The Morgan fingerprint density at radius 2 is 1.92 bits per heavy atom. The minimum absolute atomic E-state index is 0.0204. The number of carbonyl (C=O) groups is 3. The van der Waals surface area contributed by atoms with Crippen molar-refractivity contribution in [2.45, 2.75) is 51.9 Å². The van der Waals surface area contributed by atoms with E-state index in [1.165, 1.54) is 11.1 Å². The van der Waals surface area contributed by atoms with Crippen molar-refractivity contribution in [1.82, 2.24) is 4.90 Å². The standard InChI is InChI=1S/C21H27NO4/c1-2-26-21(25)18-7-4-12-22(14-18)20(24)11-10-19(23)17-9-8-15-5-3-6-16(15)13-17/h8-9,13,18H,2-7,10-12,14H2,1H3. The SMILES string of the molecule is CCOC(=O)C1CCCN(C(=O)CCC(=O)c2ccc3c(c2)CCC3)C1. The smallest absolute Gasteiger partial charge is 0.310 e. The molecule has 0 aromatic heterocycles. The van der Waals surface area contributed by atoms with Gasteiger partial charge in [0.05, 0.1) is 12.5 Å². The quantitative estimate of drug-likeness (QED) is 0.580. The van der Waals surface area contributed by atoms with Crippen molar-refractivity contribution >= 4 is 17.7 Å². The van der Waals surface area contributed by atoms with Gasteiger partial charge in [-0.1, -0.05) is 12.1 Å². The summed E-state index contributed by atoms with van der Waals surface area (Å²) in [5, 5.41) is 0. The van der Waals surface area contributed by atoms with Crippen LogP contribution in [0.25, 0.3) is 0 Å². The summed E-state index contributed by atoms with van der Waals surface area (Å²) in [6.07, 6.45) is 5.27. The van der Waals surface area contributed by atoms with E-state index in [1.54, 1.807) is 11.8 Å². The number of hydrogen-bond acceptors (Lipinski definition) is 4. The molecular weight excluding hydrogens is 330 g/mol. The van der Waals surface area contributed by atoms with Gasteiger partial charge in [0, 0.05) is 31.5 Å². The van der Waals surface area contributed by atoms with Crippen molar-refractivity contribution in [3.05, 3.63) is 34.9 Å². The fourth-order valence-electron chi connectivity index (χ4n) is 3.92. The lowest BCUT2D eigenvalue weighted by molar-refractivity contribution is -0.151. The van der Waals surface area contributed by atoms with Crippen LogP contribution in [0.1, 0.15) is 60.5 Å². The molecule has 0 spiro atoms. The van der Waals surface area contributed by atoms with Gasteiger partial charge < -0.3 is 9.64 Å². The zero-order valence-electron chi connectivity index (χ0n) is 15.5. The molecule has 140 valence electrons. The molecule has 1 atom stereocenters. The van der Waals surface area contributed by atoms with Gasteiger partial charge in [-0.3, -0.25) is 14.4 Å². The van der Waals surface area contributed by atoms with Gasteiger partial charge in [-0.15, -0.1) is 0 Å². The van der Waals surface area contributed by atoms with Crippen LogP contribution in [-0.2, 0) is 27.2 Å². The molecule has 0 bridgehead atoms. The third-order valence-corrected chi connectivity index (χ3v) is 5.38. The minimum atomic E-state index is -0.236. The Hall–Kier alpha value is -2.17. The van der Waals surface area contributed by atoms with Crippen molar-refractivity contribution in [3.63, 3.8) is 0 Å². The number of benzene rings is 1. The Labute approximate surface area is 154 Å². The van der Waals surface area contributed by atoms with Crippen LogP contribution in [0, 0.1) is 5.92 Å². The predicted molar refractivity (Wildman–Crippen MR) is 98.0 cm³/mol. The molecule has 26 heavy (non-hydrogen) atoms. The number of nitrogens with zero attached hydrogens (tertiary/aromatic N) is 1. The van der Waals surface area contributed by atoms with Crippen LogP contribution in [-0.4, -0.2) is 42.3 Å². The summed E-state index contributed by atoms with van der Waals surface area (Å²) in [6.45, 7) is 3.21. The summed E-state index contributed by atoms with van der Waals surface area (Å²) in [5.74, 6) is -0.486. The van der Waals surface area contributed by atoms with Crippen LogP contribution in [0.2, 0.25) is 0 Å². The molecule has 2 aliphatic rings. The first kappa shape index (κ1) is 18.6. The van der Waals surface area contributed by atoms with Crippen molar-refractivity contribution in [3.8, 4) is 0 Å². The molecule has 5 nitrogen and oxygen atoms in total. The maximum absolute atomic E-state index is 12.5. The van der Waals surface area contributed by atoms with Gasteiger partial charge in [-0.2, -0.15) is 0 Å². The highest BCUT2D eigenvalue weighted by Gasteiger charge is 2.29. The number of amides is 1. The van der Waals surface area contributed by atoms with Crippen LogP contribution in [0.5, 0.6) is 0 Å². The van der Waals surface area contributed by atoms with Crippen molar-refractivity contribution in [2.75, 3.05) is 19.7 Å². The first-order valence-electron chi connectivity index (χ1n) is 9.68. The Bertz CT molecular complexity index is 697. The van der Waals surface area contributed by atoms with Gasteiger partial charge in [-0.25, -0.2) is 0 Å². The van der Waals surface area contributed by atoms with E-state index in [0.29, 0.717) is 25.3 Å². The van der Waals surface area contributed by atoms with E-state index in [9.17, 15) is 14.4 Å². The molecule has 1 saturated heterocycles. The molecule has 1 unspecified atom stereocenters. The topological polar surface area (TPSA) is 63.7 Å². The minimum Gasteiger partial charge on any atom is -0.466 e. The fraction of sp³-hybridized carbons (Fsp3) is 0.571. The van der Waals surface area contributed by atoms with E-state index in [0.717, 1.165) is 32.1 Å². The Kier molecular flexibility index (Phi) is 6.07. The van der Waals surface area contributed by atoms with Crippen molar-refractivity contribution in [2.24, 2.45) is 5.92 Å². The number of ether oxygens (including phenoxy) is 1. The Morgan fingerprint density at radius 1 is 1.12 bits per heavy atom. The molecule has 1 aromatic rings. The predicted octanol–water partition coefficient (Wildman–Crippen LogP) is 2.94. The van der Waals surface area contributed by atoms with Crippen molar-refractivity contribution in [1.29, 1.82) is 0 Å². The van der Waals surface area contributed by atoms with Gasteiger partial charge in [0.25, 0.3) is 0 Å². The summed E-state index contributed by atoms with van der Waals surface area (Å²) in [6, 6.07) is 5.92. The lowest BCUT2D eigenvalue weighted by atomic mass is 9.97. The summed E-state index contributed by atoms with van der Waals surface area (Å²) in [5.41, 5.74) is 3.33. The summed E-state index contributed by atoms with van der Waals surface area (Å²) in [7, 11) is 0. The molecule has 0 saturated carbocycles. The highest BCUT2D eigenvalue weighted by atomic mass is 16.5. The monoisotopic (exact) mass is 357 g/mol. The molecule has 1 aromatic carbocycles. The van der Waals surface area contributed by atoms with Gasteiger partial charge >= 0.3 is 5.97 Å². The maximum Gasteiger partial charge on any atom is 0.310 e. The van der Waals surface area contributed by atoms with E-state index in [1.807, 2.05) is 18.2 Å². The van der Waals surface area contributed by atoms with E-state index in [-0.39, 0.29) is 36.4 Å². The maximum atomic E-state index is 12.5. The van der Waals surface area contributed by atoms with E-state index in [4.69, 9.17) is 4.74 Å². The van der Waals surface area contributed by atoms with Crippen LogP contribution in [0.3, 0.4) is 0 Å². The highest BCUT2D eigenvalue weighted by Crippen LogP contribution is 2.24. The number of esters is 1. The van der Waals surface area contributed by atoms with Gasteiger partial charge in [0.1, 0.15) is 0 Å². The molecule has 1 fully saturated rings. The van der Waals surface area contributed by atoms with Crippen LogP contribution >= 0.6 is 0 Å². The molecule has 1 amide bonds. The van der Waals surface area contributed by atoms with Gasteiger partial charge in [0.15, 0.2) is 5.78 Å². The van der Waals surface area contributed by atoms with Crippen LogP contribution < -0.4 is 0 Å². The largest absolute Gasteiger partial charge is 0.466 e. The fourth-order valence-corrected chi connectivity index (χ4v) is 3.92. The number of Topliss-reactive ketones (excluding diaryl/α,β-unsaturated/α-hetero) is 1. The number of carbonyl (C=O) groups excluding carboxylic acids is 3. The average Bonchev–Trinajstić information content (AvgIpc) is 3.14. The second-order valence-corrected chi connectivity index (χ2v) is 7.19. The molecule has 3 rings (SSSR count). The lowest BCUT2D eigenvalue weighted by Gasteiger charge is -2.31. The molecule has 5 heteroatoms. The third kappa shape index (κ3) is 4.32. The number of piperidine rings is 1. The summed E-state index contributed by atoms with van der Waals surface area (Å²) >= 11 is 0. The number of ketones is 1. The van der Waals surface area contributed by atoms with E-state index < -0.39 is 0 Å². The van der Waals surface area contributed by atoms with Gasteiger partial charge in [0.2, 0.25) is 5.91 Å². The molecule has 1 aliphatic heterocycles. The summed E-state index contributed by atoms with van der Waals surface area (Å²) in [4.78, 5) is 38.5. The number of rotatable bonds is 6. The number of hydrogen-bond donors (Lipinski definition) is 0. The highest BCUT2D eigenvalue weighted by molar-refractivity contribution is 5.98. The Morgan fingerprint density at radius 3 is 2.73 bits per heavy atom. The molecule has 0 N–H and O–H groups in total. The first-order valence-corrected chi connectivity index (χ1v) is 9.68. The van der Waals surface area contributed by atoms with E-state index in [2.05, 4.69) is 0 Å². The second-order valence-electron chi connectivity index (χ2n) is 7.19. The van der Waals surface area contributed by atoms with Gasteiger partial charge in [-0.05, 0) is 56.2 Å². The number of likely N-dealkylation sites (tertiary alicyclic amines) is 1. The van der Waals surface area contributed by atoms with Crippen molar-refractivity contribution < 1.29 is 19.1 Å². The van der Waals surface area contributed by atoms with Crippen LogP contribution in [0.4, 0.5) is 0 Å². The third-order valence-electron chi connectivity index (χ3n) is 5.38. The van der Waals surface area contributed by atoms with E-state index >= 15 is 0 Å². The lowest BCUT2D eigenvalue weighted by Crippen LogP contribution is -2.42. The molecular formula is C21H27NO4. The Balaban J connectivity index is 1.51. The zero-order valence-corrected chi connectivity index (χ0v) is 15.5. The number of aryl methyl sites for hydroxylation is 2. The summed E-state index contributed by atoms with van der Waals surface area (Å²) < 4.78 is 5.07.